The predicted molar refractivity (Wildman–Crippen MR) is 131 cm³/mol. The number of hydrogen-bond acceptors (Lipinski definition) is 4. The van der Waals surface area contributed by atoms with E-state index in [-0.39, 0.29) is 12.5 Å². The number of rotatable bonds is 10. The topological polar surface area (TPSA) is 86.8 Å². The maximum Gasteiger partial charge on any atom is 0.244 e. The van der Waals surface area contributed by atoms with Gasteiger partial charge in [0.15, 0.2) is 0 Å². The highest BCUT2D eigenvalue weighted by molar-refractivity contribution is 9.10. The fraction of sp³-hybridized carbons (Fsp3) is 0.391. The van der Waals surface area contributed by atoms with Gasteiger partial charge in [-0.25, -0.2) is 8.42 Å². The second-order valence-electron chi connectivity index (χ2n) is 7.66. The van der Waals surface area contributed by atoms with Crippen LogP contribution >= 0.6 is 15.9 Å². The minimum atomic E-state index is -3.73. The van der Waals surface area contributed by atoms with Gasteiger partial charge in [0.25, 0.3) is 0 Å². The van der Waals surface area contributed by atoms with Crippen molar-refractivity contribution in [1.29, 1.82) is 0 Å². The van der Waals surface area contributed by atoms with E-state index in [0.717, 1.165) is 32.6 Å². The molecule has 1 atom stereocenters. The fourth-order valence-electron chi connectivity index (χ4n) is 3.17. The van der Waals surface area contributed by atoms with Gasteiger partial charge in [-0.2, -0.15) is 0 Å². The minimum absolute atomic E-state index is 0.199. The number of halogens is 1. The number of nitrogens with zero attached hydrogens (tertiary/aromatic N) is 2. The van der Waals surface area contributed by atoms with E-state index in [1.807, 2.05) is 38.1 Å². The molecule has 2 amide bonds. The van der Waals surface area contributed by atoms with Crippen molar-refractivity contribution in [2.45, 2.75) is 39.8 Å². The van der Waals surface area contributed by atoms with E-state index in [2.05, 4.69) is 21.2 Å². The summed E-state index contributed by atoms with van der Waals surface area (Å²) in [5, 5.41) is 2.82. The summed E-state index contributed by atoms with van der Waals surface area (Å²) >= 11 is 3.33. The lowest BCUT2D eigenvalue weighted by molar-refractivity contribution is -0.139. The third kappa shape index (κ3) is 7.06. The summed E-state index contributed by atoms with van der Waals surface area (Å²) in [6.07, 6.45) is 1.83. The molecule has 1 N–H and O–H groups in total. The van der Waals surface area contributed by atoms with E-state index in [9.17, 15) is 18.0 Å². The maximum atomic E-state index is 13.4. The van der Waals surface area contributed by atoms with Crippen LogP contribution in [0.5, 0.6) is 0 Å². The molecular weight excluding hydrogens is 494 g/mol. The van der Waals surface area contributed by atoms with Crippen molar-refractivity contribution in [3.05, 3.63) is 64.1 Å². The highest BCUT2D eigenvalue weighted by Crippen LogP contribution is 2.22. The van der Waals surface area contributed by atoms with Gasteiger partial charge >= 0.3 is 0 Å². The highest BCUT2D eigenvalue weighted by Gasteiger charge is 2.30. The standard InChI is InChI=1S/C23H30BrN3O4S/c1-5-14-25-23(29)18(3)26(15-19-9-7-6-8-17(19)2)22(28)16-27(32(4,30)31)21-12-10-20(24)11-13-21/h6-13,18H,5,14-16H2,1-4H3,(H,25,29). The average Bonchev–Trinajstić information content (AvgIpc) is 2.74. The van der Waals surface area contributed by atoms with Crippen molar-refractivity contribution in [3.8, 4) is 0 Å². The van der Waals surface area contributed by atoms with Crippen LogP contribution in [0.25, 0.3) is 0 Å². The number of nitrogens with one attached hydrogen (secondary N) is 1. The molecule has 0 aliphatic rings. The normalized spacial score (nSPS) is 12.2. The van der Waals surface area contributed by atoms with Crippen molar-refractivity contribution in [3.63, 3.8) is 0 Å². The third-order valence-corrected chi connectivity index (χ3v) is 6.78. The van der Waals surface area contributed by atoms with Crippen LogP contribution < -0.4 is 9.62 Å². The SMILES string of the molecule is CCCNC(=O)C(C)N(Cc1ccccc1C)C(=O)CN(c1ccc(Br)cc1)S(C)(=O)=O. The van der Waals surface area contributed by atoms with Gasteiger partial charge in [0.05, 0.1) is 11.9 Å². The van der Waals surface area contributed by atoms with Crippen LogP contribution in [0.2, 0.25) is 0 Å². The van der Waals surface area contributed by atoms with Crippen molar-refractivity contribution < 1.29 is 18.0 Å². The maximum absolute atomic E-state index is 13.4. The van der Waals surface area contributed by atoms with E-state index in [1.165, 1.54) is 4.90 Å². The number of carbonyl (C=O) groups excluding carboxylic acids is 2. The second kappa shape index (κ2) is 11.5. The highest BCUT2D eigenvalue weighted by atomic mass is 79.9. The van der Waals surface area contributed by atoms with Gasteiger partial charge < -0.3 is 10.2 Å². The first-order valence-electron chi connectivity index (χ1n) is 10.4. The molecule has 174 valence electrons. The Morgan fingerprint density at radius 2 is 1.72 bits per heavy atom. The first-order valence-corrected chi connectivity index (χ1v) is 13.0. The van der Waals surface area contributed by atoms with E-state index in [1.54, 1.807) is 31.2 Å². The van der Waals surface area contributed by atoms with E-state index in [4.69, 9.17) is 0 Å². The molecule has 0 fully saturated rings. The van der Waals surface area contributed by atoms with Crippen LogP contribution in [0.4, 0.5) is 5.69 Å². The fourth-order valence-corrected chi connectivity index (χ4v) is 4.28. The van der Waals surface area contributed by atoms with Crippen molar-refractivity contribution in [1.82, 2.24) is 10.2 Å². The van der Waals surface area contributed by atoms with E-state index < -0.39 is 28.5 Å². The molecule has 0 bridgehead atoms. The largest absolute Gasteiger partial charge is 0.354 e. The van der Waals surface area contributed by atoms with Crippen LogP contribution in [-0.2, 0) is 26.2 Å². The van der Waals surface area contributed by atoms with Crippen LogP contribution in [0.3, 0.4) is 0 Å². The van der Waals surface area contributed by atoms with Gasteiger partial charge in [-0.15, -0.1) is 0 Å². The summed E-state index contributed by atoms with van der Waals surface area (Å²) < 4.78 is 26.8. The summed E-state index contributed by atoms with van der Waals surface area (Å²) in [7, 11) is -3.73. The zero-order valence-electron chi connectivity index (χ0n) is 18.8. The molecule has 0 saturated heterocycles. The number of amides is 2. The Kier molecular flexibility index (Phi) is 9.27. The van der Waals surface area contributed by atoms with Gasteiger partial charge in [-0.3, -0.25) is 13.9 Å². The van der Waals surface area contributed by atoms with Gasteiger partial charge in [0.1, 0.15) is 12.6 Å². The Labute approximate surface area is 199 Å². The zero-order chi connectivity index (χ0) is 23.9. The summed E-state index contributed by atoms with van der Waals surface area (Å²) in [5.41, 5.74) is 2.26. The molecule has 0 saturated carbocycles. The molecular formula is C23H30BrN3O4S. The predicted octanol–water partition coefficient (Wildman–Crippen LogP) is 3.47. The number of carbonyl (C=O) groups is 2. The number of hydrogen-bond donors (Lipinski definition) is 1. The number of benzene rings is 2. The van der Waals surface area contributed by atoms with Crippen LogP contribution in [-0.4, -0.2) is 50.5 Å². The lowest BCUT2D eigenvalue weighted by atomic mass is 10.1. The molecule has 7 nitrogen and oxygen atoms in total. The summed E-state index contributed by atoms with van der Waals surface area (Å²) in [4.78, 5) is 27.5. The Bertz CT molecular complexity index is 1040. The Balaban J connectivity index is 2.37. The van der Waals surface area contributed by atoms with Gasteiger partial charge in [-0.05, 0) is 55.7 Å². The lowest BCUT2D eigenvalue weighted by Gasteiger charge is -2.31. The molecule has 1 unspecified atom stereocenters. The molecule has 2 aromatic rings. The first kappa shape index (κ1) is 25.9. The zero-order valence-corrected chi connectivity index (χ0v) is 21.2. The molecule has 0 radical (unpaired) electrons. The van der Waals surface area contributed by atoms with Crippen molar-refractivity contribution >= 4 is 43.5 Å². The van der Waals surface area contributed by atoms with E-state index in [0.29, 0.717) is 12.2 Å². The summed E-state index contributed by atoms with van der Waals surface area (Å²) in [6, 6.07) is 13.5. The molecule has 2 aromatic carbocycles. The van der Waals surface area contributed by atoms with Gasteiger partial charge in [0, 0.05) is 17.6 Å². The molecule has 0 spiro atoms. The summed E-state index contributed by atoms with van der Waals surface area (Å²) in [5.74, 6) is -0.732. The van der Waals surface area contributed by atoms with Crippen LogP contribution in [0.1, 0.15) is 31.4 Å². The average molecular weight is 524 g/mol. The monoisotopic (exact) mass is 523 g/mol. The quantitative estimate of drug-likeness (QED) is 0.516. The van der Waals surface area contributed by atoms with E-state index >= 15 is 0 Å². The summed E-state index contributed by atoms with van der Waals surface area (Å²) in [6.45, 7) is 5.84. The molecule has 0 aliphatic heterocycles. The molecule has 32 heavy (non-hydrogen) atoms. The van der Waals surface area contributed by atoms with Gasteiger partial charge in [0.2, 0.25) is 21.8 Å². The molecule has 9 heteroatoms. The Hall–Kier alpha value is -2.39. The Morgan fingerprint density at radius 1 is 1.09 bits per heavy atom. The first-order chi connectivity index (χ1) is 15.0. The number of anilines is 1. The van der Waals surface area contributed by atoms with Crippen molar-refractivity contribution in [2.75, 3.05) is 23.7 Å². The number of sulfonamides is 1. The minimum Gasteiger partial charge on any atom is -0.354 e. The Morgan fingerprint density at radius 3 is 2.28 bits per heavy atom. The van der Waals surface area contributed by atoms with Crippen LogP contribution in [0.15, 0.2) is 53.0 Å². The van der Waals surface area contributed by atoms with Crippen molar-refractivity contribution in [2.24, 2.45) is 0 Å². The molecule has 0 aliphatic carbocycles. The number of aryl methyl sites for hydroxylation is 1. The van der Waals surface area contributed by atoms with Gasteiger partial charge in [-0.1, -0.05) is 47.1 Å². The lowest BCUT2D eigenvalue weighted by Crippen LogP contribution is -2.51. The molecule has 0 heterocycles. The van der Waals surface area contributed by atoms with Crippen LogP contribution in [0, 0.1) is 6.92 Å². The molecule has 0 aromatic heterocycles. The second-order valence-corrected chi connectivity index (χ2v) is 10.5. The smallest absolute Gasteiger partial charge is 0.244 e. The molecule has 2 rings (SSSR count). The third-order valence-electron chi connectivity index (χ3n) is 5.11.